The van der Waals surface area contributed by atoms with E-state index in [-0.39, 0.29) is 12.8 Å². The molecule has 0 fully saturated rings. The van der Waals surface area contributed by atoms with E-state index in [4.69, 9.17) is 10.2 Å². The average Bonchev–Trinajstić information content (AvgIpc) is 2.50. The zero-order valence-corrected chi connectivity index (χ0v) is 14.3. The Kier molecular flexibility index (Phi) is 7.88. The van der Waals surface area contributed by atoms with E-state index < -0.39 is 20.0 Å². The van der Waals surface area contributed by atoms with Crippen molar-refractivity contribution in [3.8, 4) is 0 Å². The summed E-state index contributed by atoms with van der Waals surface area (Å²) in [5.74, 6) is -1.59. The Labute approximate surface area is 133 Å². The van der Waals surface area contributed by atoms with Crippen LogP contribution in [0.1, 0.15) is 39.0 Å². The van der Waals surface area contributed by atoms with Gasteiger partial charge in [-0.15, -0.1) is 0 Å². The Morgan fingerprint density at radius 1 is 0.909 bits per heavy atom. The first-order valence-corrected chi connectivity index (χ1v) is 10.6. The molecule has 0 atom stereocenters. The topological polar surface area (TPSA) is 74.6 Å². The Morgan fingerprint density at radius 3 is 1.91 bits per heavy atom. The highest BCUT2D eigenvalue weighted by molar-refractivity contribution is 6.92. The minimum Gasteiger partial charge on any atom is -0.481 e. The molecule has 0 radical (unpaired) electrons. The molecule has 0 spiro atoms. The molecule has 0 unspecified atom stereocenters. The molecule has 122 valence electrons. The molecule has 1 aromatic carbocycles. The van der Waals surface area contributed by atoms with Crippen LogP contribution in [0.2, 0.25) is 18.1 Å². The molecule has 0 saturated heterocycles. The van der Waals surface area contributed by atoms with Gasteiger partial charge in [-0.05, 0) is 12.1 Å². The summed E-state index contributed by atoms with van der Waals surface area (Å²) in [6.45, 7) is 2.14. The van der Waals surface area contributed by atoms with Gasteiger partial charge in [-0.2, -0.15) is 0 Å². The zero-order chi connectivity index (χ0) is 16.4. The fourth-order valence-corrected chi connectivity index (χ4v) is 7.83. The second-order valence-electron chi connectivity index (χ2n) is 5.89. The van der Waals surface area contributed by atoms with E-state index in [2.05, 4.69) is 19.1 Å². The second-order valence-corrected chi connectivity index (χ2v) is 10.5. The summed E-state index contributed by atoms with van der Waals surface area (Å²) in [5, 5.41) is 19.4. The molecule has 0 aromatic heterocycles. The van der Waals surface area contributed by atoms with E-state index >= 15 is 0 Å². The fourth-order valence-electron chi connectivity index (χ4n) is 3.01. The highest BCUT2D eigenvalue weighted by Crippen LogP contribution is 2.27. The number of carbonyl (C=O) groups is 2. The summed E-state index contributed by atoms with van der Waals surface area (Å²) in [7, 11) is -2.10. The number of carboxylic acid groups (broad SMARTS) is 2. The Balaban J connectivity index is 3.03. The van der Waals surface area contributed by atoms with Gasteiger partial charge in [0, 0.05) is 12.8 Å². The monoisotopic (exact) mass is 322 g/mol. The van der Waals surface area contributed by atoms with Crippen molar-refractivity contribution in [1.29, 1.82) is 0 Å². The maximum Gasteiger partial charge on any atom is 0.303 e. The summed E-state index contributed by atoms with van der Waals surface area (Å²) >= 11 is 0. The molecule has 0 heterocycles. The SMILES string of the molecule is CCCCC[Si](CCC(=O)O)(CCC(=O)O)c1ccccc1. The van der Waals surface area contributed by atoms with Crippen LogP contribution in [0.5, 0.6) is 0 Å². The number of aliphatic carboxylic acids is 2. The van der Waals surface area contributed by atoms with E-state index in [0.717, 1.165) is 25.3 Å². The van der Waals surface area contributed by atoms with Gasteiger partial charge in [0.25, 0.3) is 0 Å². The first-order valence-electron chi connectivity index (χ1n) is 7.99. The number of unbranched alkanes of at least 4 members (excludes halogenated alkanes) is 2. The first kappa shape index (κ1) is 18.4. The predicted molar refractivity (Wildman–Crippen MR) is 90.3 cm³/mol. The lowest BCUT2D eigenvalue weighted by molar-refractivity contribution is -0.137. The van der Waals surface area contributed by atoms with Crippen LogP contribution in [0.3, 0.4) is 0 Å². The van der Waals surface area contributed by atoms with E-state index in [1.807, 2.05) is 18.2 Å². The van der Waals surface area contributed by atoms with Crippen LogP contribution in [0.4, 0.5) is 0 Å². The quantitative estimate of drug-likeness (QED) is 0.483. The summed E-state index contributed by atoms with van der Waals surface area (Å²) in [6.07, 6.45) is 3.54. The van der Waals surface area contributed by atoms with Crippen molar-refractivity contribution in [3.63, 3.8) is 0 Å². The van der Waals surface area contributed by atoms with Gasteiger partial charge in [0.15, 0.2) is 0 Å². The average molecular weight is 322 g/mol. The fraction of sp³-hybridized carbons (Fsp3) is 0.529. The summed E-state index contributed by atoms with van der Waals surface area (Å²) in [4.78, 5) is 22.1. The van der Waals surface area contributed by atoms with Crippen molar-refractivity contribution in [1.82, 2.24) is 0 Å². The molecule has 0 amide bonds. The van der Waals surface area contributed by atoms with Crippen molar-refractivity contribution >= 4 is 25.2 Å². The number of hydrogen-bond donors (Lipinski definition) is 2. The Hall–Kier alpha value is -1.62. The number of rotatable bonds is 11. The largest absolute Gasteiger partial charge is 0.481 e. The molecule has 1 rings (SSSR count). The summed E-state index contributed by atoms with van der Waals surface area (Å²) < 4.78 is 0. The van der Waals surface area contributed by atoms with Crippen molar-refractivity contribution in [2.24, 2.45) is 0 Å². The minimum atomic E-state index is -2.10. The van der Waals surface area contributed by atoms with Crippen LogP contribution in [0, 0.1) is 0 Å². The van der Waals surface area contributed by atoms with Gasteiger partial charge in [-0.3, -0.25) is 9.59 Å². The molecule has 0 bridgehead atoms. The highest BCUT2D eigenvalue weighted by Gasteiger charge is 2.35. The van der Waals surface area contributed by atoms with Gasteiger partial charge < -0.3 is 10.2 Å². The molecule has 1 aromatic rings. The molecule has 0 aliphatic heterocycles. The zero-order valence-electron chi connectivity index (χ0n) is 13.3. The lowest BCUT2D eigenvalue weighted by Crippen LogP contribution is -2.48. The van der Waals surface area contributed by atoms with Gasteiger partial charge in [0.2, 0.25) is 0 Å². The van der Waals surface area contributed by atoms with E-state index in [1.165, 1.54) is 5.19 Å². The Morgan fingerprint density at radius 2 is 1.45 bits per heavy atom. The van der Waals surface area contributed by atoms with E-state index in [9.17, 15) is 9.59 Å². The molecular weight excluding hydrogens is 296 g/mol. The molecule has 22 heavy (non-hydrogen) atoms. The highest BCUT2D eigenvalue weighted by atomic mass is 28.3. The van der Waals surface area contributed by atoms with Gasteiger partial charge >= 0.3 is 11.9 Å². The van der Waals surface area contributed by atoms with E-state index in [1.54, 1.807) is 0 Å². The standard InChI is InChI=1S/C17H26O4Si/c1-2-3-7-12-22(13-10-16(18)19,14-11-17(20)21)15-8-5-4-6-9-15/h4-6,8-9H,2-3,7,10-14H2,1H3,(H,18,19)(H,20,21). The number of benzene rings is 1. The van der Waals surface area contributed by atoms with Gasteiger partial charge in [0.1, 0.15) is 0 Å². The Bertz CT molecular complexity index is 455. The van der Waals surface area contributed by atoms with Crippen molar-refractivity contribution in [3.05, 3.63) is 30.3 Å². The van der Waals surface area contributed by atoms with Crippen LogP contribution in [0.25, 0.3) is 0 Å². The van der Waals surface area contributed by atoms with Crippen molar-refractivity contribution < 1.29 is 19.8 Å². The minimum absolute atomic E-state index is 0.132. The summed E-state index contributed by atoms with van der Waals surface area (Å²) in [6, 6.07) is 12.2. The molecule has 5 heteroatoms. The van der Waals surface area contributed by atoms with Crippen LogP contribution < -0.4 is 5.19 Å². The number of hydrogen-bond acceptors (Lipinski definition) is 2. The van der Waals surface area contributed by atoms with Gasteiger partial charge in [-0.25, -0.2) is 0 Å². The molecule has 2 N–H and O–H groups in total. The molecular formula is C17H26O4Si. The smallest absolute Gasteiger partial charge is 0.303 e. The molecule has 4 nitrogen and oxygen atoms in total. The third-order valence-electron chi connectivity index (χ3n) is 4.28. The molecule has 0 saturated carbocycles. The first-order chi connectivity index (χ1) is 10.5. The van der Waals surface area contributed by atoms with Crippen LogP contribution in [0.15, 0.2) is 30.3 Å². The van der Waals surface area contributed by atoms with E-state index in [0.29, 0.717) is 12.1 Å². The lowest BCUT2D eigenvalue weighted by Gasteiger charge is -2.32. The van der Waals surface area contributed by atoms with Gasteiger partial charge in [0.05, 0.1) is 8.07 Å². The molecule has 0 aliphatic carbocycles. The lowest BCUT2D eigenvalue weighted by atomic mass is 10.3. The number of carboxylic acids is 2. The second kappa shape index (κ2) is 9.41. The van der Waals surface area contributed by atoms with Gasteiger partial charge in [-0.1, -0.05) is 67.7 Å². The van der Waals surface area contributed by atoms with Crippen molar-refractivity contribution in [2.75, 3.05) is 0 Å². The van der Waals surface area contributed by atoms with Crippen LogP contribution in [-0.4, -0.2) is 30.2 Å². The maximum absolute atomic E-state index is 11.1. The third kappa shape index (κ3) is 6.01. The van der Waals surface area contributed by atoms with Crippen LogP contribution in [-0.2, 0) is 9.59 Å². The summed E-state index contributed by atoms with van der Waals surface area (Å²) in [5.41, 5.74) is 0. The predicted octanol–water partition coefficient (Wildman–Crippen LogP) is 3.48. The van der Waals surface area contributed by atoms with Crippen molar-refractivity contribution in [2.45, 2.75) is 57.2 Å². The molecule has 0 aliphatic rings. The maximum atomic E-state index is 11.1. The van der Waals surface area contributed by atoms with Crippen LogP contribution >= 0.6 is 0 Å². The normalized spacial score (nSPS) is 11.3. The third-order valence-corrected chi connectivity index (χ3v) is 9.56.